The lowest BCUT2D eigenvalue weighted by atomic mass is 9.90. The molecule has 5 rings (SSSR count). The Balaban J connectivity index is 1.53. The first-order valence-corrected chi connectivity index (χ1v) is 13.8. The third kappa shape index (κ3) is 5.30. The molecule has 3 aromatic rings. The van der Waals surface area contributed by atoms with E-state index in [0.717, 1.165) is 48.8 Å². The van der Waals surface area contributed by atoms with Crippen molar-refractivity contribution in [3.8, 4) is 17.1 Å². The number of hydrogen-bond donors (Lipinski definition) is 0. The number of nitrogens with zero attached hydrogens (tertiary/aromatic N) is 3. The Morgan fingerprint density at radius 2 is 1.84 bits per heavy atom. The monoisotopic (exact) mass is 523 g/mol. The molecule has 0 spiro atoms. The quantitative estimate of drug-likeness (QED) is 0.337. The molecule has 2 fully saturated rings. The minimum absolute atomic E-state index is 0.291. The Kier molecular flexibility index (Phi) is 8.20. The number of halogens is 1. The summed E-state index contributed by atoms with van der Waals surface area (Å²) in [6, 6.07) is 13.1. The number of piperidine rings is 1. The van der Waals surface area contributed by atoms with Crippen LogP contribution in [0.25, 0.3) is 11.4 Å². The van der Waals surface area contributed by atoms with Gasteiger partial charge in [-0.2, -0.15) is 0 Å². The van der Waals surface area contributed by atoms with Crippen LogP contribution in [-0.4, -0.2) is 47.6 Å². The van der Waals surface area contributed by atoms with E-state index in [4.69, 9.17) is 30.8 Å². The zero-order valence-corrected chi connectivity index (χ0v) is 23.2. The van der Waals surface area contributed by atoms with Crippen molar-refractivity contribution in [1.82, 2.24) is 14.5 Å². The SMILES string of the molecule is CCc1ccccc1-c1nc(Cl)c(CN2CCCCC2c2ccc(OC)c(C)c2C)n1CC1OCCO1. The Bertz CT molecular complexity index is 1240. The second kappa shape index (κ2) is 11.6. The van der Waals surface area contributed by atoms with Crippen LogP contribution in [-0.2, 0) is 29.0 Å². The minimum atomic E-state index is -0.291. The van der Waals surface area contributed by atoms with Gasteiger partial charge in [0.05, 0.1) is 32.6 Å². The smallest absolute Gasteiger partial charge is 0.175 e. The largest absolute Gasteiger partial charge is 0.496 e. The van der Waals surface area contributed by atoms with Crippen LogP contribution in [0.2, 0.25) is 5.15 Å². The molecule has 7 heteroatoms. The molecule has 2 aromatic carbocycles. The number of aromatic nitrogens is 2. The number of likely N-dealkylation sites (tertiary alicyclic amines) is 1. The Labute approximate surface area is 225 Å². The molecule has 1 atom stereocenters. The lowest BCUT2D eigenvalue weighted by molar-refractivity contribution is -0.0529. The zero-order valence-electron chi connectivity index (χ0n) is 22.4. The topological polar surface area (TPSA) is 48.8 Å². The van der Waals surface area contributed by atoms with Gasteiger partial charge in [0.15, 0.2) is 11.4 Å². The number of methoxy groups -OCH3 is 1. The average Bonchev–Trinajstić information content (AvgIpc) is 3.54. The fourth-order valence-electron chi connectivity index (χ4n) is 5.84. The van der Waals surface area contributed by atoms with E-state index in [-0.39, 0.29) is 6.29 Å². The number of aryl methyl sites for hydroxylation is 1. The van der Waals surface area contributed by atoms with E-state index in [2.05, 4.69) is 66.6 Å². The number of benzene rings is 2. The summed E-state index contributed by atoms with van der Waals surface area (Å²) in [7, 11) is 1.74. The molecule has 0 N–H and O–H groups in total. The maximum atomic E-state index is 6.93. The van der Waals surface area contributed by atoms with E-state index < -0.39 is 0 Å². The molecule has 2 aliphatic heterocycles. The van der Waals surface area contributed by atoms with E-state index in [1.54, 1.807) is 7.11 Å². The highest BCUT2D eigenvalue weighted by Gasteiger charge is 2.30. The second-order valence-electron chi connectivity index (χ2n) is 10.1. The van der Waals surface area contributed by atoms with Gasteiger partial charge in [0.2, 0.25) is 0 Å². The molecular weight excluding hydrogens is 486 g/mol. The minimum Gasteiger partial charge on any atom is -0.496 e. The predicted molar refractivity (Wildman–Crippen MR) is 147 cm³/mol. The molecule has 1 unspecified atom stereocenters. The Hall–Kier alpha value is -2.38. The van der Waals surface area contributed by atoms with E-state index >= 15 is 0 Å². The first kappa shape index (κ1) is 26.2. The zero-order chi connectivity index (χ0) is 25.9. The highest BCUT2D eigenvalue weighted by molar-refractivity contribution is 6.30. The third-order valence-electron chi connectivity index (χ3n) is 8.01. The highest BCUT2D eigenvalue weighted by Crippen LogP contribution is 2.38. The van der Waals surface area contributed by atoms with Crippen LogP contribution in [0.5, 0.6) is 5.75 Å². The number of ether oxygens (including phenoxy) is 3. The van der Waals surface area contributed by atoms with Crippen molar-refractivity contribution < 1.29 is 14.2 Å². The van der Waals surface area contributed by atoms with Crippen LogP contribution in [0.4, 0.5) is 0 Å². The van der Waals surface area contributed by atoms with Crippen LogP contribution < -0.4 is 4.74 Å². The summed E-state index contributed by atoms with van der Waals surface area (Å²) in [6.07, 6.45) is 4.16. The van der Waals surface area contributed by atoms with Gasteiger partial charge in [0, 0.05) is 18.2 Å². The summed E-state index contributed by atoms with van der Waals surface area (Å²) < 4.78 is 19.5. The lowest BCUT2D eigenvalue weighted by Gasteiger charge is -2.37. The van der Waals surface area contributed by atoms with Gasteiger partial charge >= 0.3 is 0 Å². The van der Waals surface area contributed by atoms with Gasteiger partial charge in [-0.15, -0.1) is 0 Å². The summed E-state index contributed by atoms with van der Waals surface area (Å²) in [4.78, 5) is 7.50. The van der Waals surface area contributed by atoms with Gasteiger partial charge in [-0.25, -0.2) is 4.98 Å². The molecule has 198 valence electrons. The Morgan fingerprint density at radius 1 is 1.05 bits per heavy atom. The molecule has 0 aliphatic carbocycles. The molecule has 0 amide bonds. The number of imidazole rings is 1. The van der Waals surface area contributed by atoms with E-state index in [9.17, 15) is 0 Å². The van der Waals surface area contributed by atoms with Crippen molar-refractivity contribution in [2.45, 2.75) is 71.9 Å². The van der Waals surface area contributed by atoms with Gasteiger partial charge in [0.25, 0.3) is 0 Å². The van der Waals surface area contributed by atoms with Crippen LogP contribution in [0.1, 0.15) is 60.2 Å². The van der Waals surface area contributed by atoms with E-state index in [0.29, 0.717) is 31.0 Å². The van der Waals surface area contributed by atoms with Crippen molar-refractivity contribution >= 4 is 11.6 Å². The van der Waals surface area contributed by atoms with Crippen molar-refractivity contribution in [1.29, 1.82) is 0 Å². The van der Waals surface area contributed by atoms with Crippen LogP contribution in [0, 0.1) is 13.8 Å². The first-order valence-electron chi connectivity index (χ1n) is 13.5. The molecule has 0 saturated carbocycles. The predicted octanol–water partition coefficient (Wildman–Crippen LogP) is 6.49. The summed E-state index contributed by atoms with van der Waals surface area (Å²) in [5, 5.41) is 0.561. The summed E-state index contributed by atoms with van der Waals surface area (Å²) in [6.45, 7) is 10.1. The third-order valence-corrected chi connectivity index (χ3v) is 8.31. The van der Waals surface area contributed by atoms with Crippen LogP contribution in [0.15, 0.2) is 36.4 Å². The summed E-state index contributed by atoms with van der Waals surface area (Å²) in [5.74, 6) is 1.84. The van der Waals surface area contributed by atoms with Crippen molar-refractivity contribution in [2.24, 2.45) is 0 Å². The normalized spacial score (nSPS) is 19.0. The lowest BCUT2D eigenvalue weighted by Crippen LogP contribution is -2.34. The van der Waals surface area contributed by atoms with Gasteiger partial charge in [0.1, 0.15) is 11.6 Å². The fourth-order valence-corrected chi connectivity index (χ4v) is 6.08. The number of hydrogen-bond acceptors (Lipinski definition) is 5. The number of rotatable bonds is 8. The standard InChI is InChI=1S/C30H38ClN3O3/c1-5-22-10-6-7-11-24(22)30-32-29(31)26(34(30)19-28-36-16-17-37-28)18-33-15-9-8-12-25(33)23-13-14-27(35-4)21(3)20(23)2/h6-7,10-11,13-14,25,28H,5,8-9,12,15-19H2,1-4H3. The molecule has 2 saturated heterocycles. The maximum Gasteiger partial charge on any atom is 0.175 e. The molecule has 6 nitrogen and oxygen atoms in total. The molecule has 0 radical (unpaired) electrons. The van der Waals surface area contributed by atoms with Gasteiger partial charge in [-0.05, 0) is 68.0 Å². The molecule has 2 aliphatic rings. The average molecular weight is 524 g/mol. The molecule has 37 heavy (non-hydrogen) atoms. The second-order valence-corrected chi connectivity index (χ2v) is 10.4. The molecular formula is C30H38ClN3O3. The van der Waals surface area contributed by atoms with Crippen molar-refractivity contribution in [3.05, 3.63) is 69.5 Å². The molecule has 1 aromatic heterocycles. The van der Waals surface area contributed by atoms with Crippen molar-refractivity contribution in [3.63, 3.8) is 0 Å². The van der Waals surface area contributed by atoms with Crippen LogP contribution in [0.3, 0.4) is 0 Å². The summed E-state index contributed by atoms with van der Waals surface area (Å²) >= 11 is 6.93. The Morgan fingerprint density at radius 3 is 2.59 bits per heavy atom. The van der Waals surface area contributed by atoms with Crippen LogP contribution >= 0.6 is 11.6 Å². The maximum absolute atomic E-state index is 6.93. The van der Waals surface area contributed by atoms with E-state index in [1.807, 2.05) is 0 Å². The highest BCUT2D eigenvalue weighted by atomic mass is 35.5. The molecule has 3 heterocycles. The van der Waals surface area contributed by atoms with E-state index in [1.165, 1.54) is 35.1 Å². The fraction of sp³-hybridized carbons (Fsp3) is 0.500. The van der Waals surface area contributed by atoms with Gasteiger partial charge in [-0.1, -0.05) is 55.3 Å². The van der Waals surface area contributed by atoms with Gasteiger partial charge < -0.3 is 18.8 Å². The molecule has 0 bridgehead atoms. The van der Waals surface area contributed by atoms with Crippen molar-refractivity contribution in [2.75, 3.05) is 26.9 Å². The van der Waals surface area contributed by atoms with Gasteiger partial charge in [-0.3, -0.25) is 4.90 Å². The summed E-state index contributed by atoms with van der Waals surface area (Å²) in [5.41, 5.74) is 7.29. The first-order chi connectivity index (χ1) is 18.0.